The molecule has 278 valence electrons. The van der Waals surface area contributed by atoms with E-state index >= 15 is 0 Å². The summed E-state index contributed by atoms with van der Waals surface area (Å²) in [5.41, 5.74) is 1.72. The van der Waals surface area contributed by atoms with Crippen LogP contribution in [0.25, 0.3) is 11.1 Å². The normalized spacial score (nSPS) is 13.0. The lowest BCUT2D eigenvalue weighted by Crippen LogP contribution is -2.34. The molecular weight excluding hydrogens is 695 g/mol. The van der Waals surface area contributed by atoms with Gasteiger partial charge in [0.15, 0.2) is 5.82 Å². The lowest BCUT2D eigenvalue weighted by Gasteiger charge is -2.24. The van der Waals surface area contributed by atoms with Gasteiger partial charge in [0.1, 0.15) is 18.3 Å². The van der Waals surface area contributed by atoms with Gasteiger partial charge in [0.25, 0.3) is 15.6 Å². The molecule has 15 heteroatoms. The van der Waals surface area contributed by atoms with Crippen LogP contribution in [-0.2, 0) is 55.5 Å². The van der Waals surface area contributed by atoms with Crippen LogP contribution in [0.3, 0.4) is 0 Å². The summed E-state index contributed by atoms with van der Waals surface area (Å²) in [6.45, 7) is 6.35. The summed E-state index contributed by atoms with van der Waals surface area (Å²) in [5.74, 6) is 0.441. The van der Waals surface area contributed by atoms with E-state index in [1.807, 2.05) is 13.8 Å². The van der Waals surface area contributed by atoms with Crippen molar-refractivity contribution in [2.45, 2.75) is 78.3 Å². The number of hydrogen-bond donors (Lipinski definition) is 0. The summed E-state index contributed by atoms with van der Waals surface area (Å²) in [5, 5.41) is 3.99. The van der Waals surface area contributed by atoms with Gasteiger partial charge in [-0.25, -0.2) is 30.4 Å². The van der Waals surface area contributed by atoms with E-state index in [9.17, 15) is 24.4 Å². The first kappa shape index (κ1) is 36.9. The predicted octanol–water partition coefficient (Wildman–Crippen LogP) is 4.98. The summed E-state index contributed by atoms with van der Waals surface area (Å²) in [6, 6.07) is 11.1. The number of aryl methyl sites for hydroxylation is 3. The molecule has 0 saturated carbocycles. The van der Waals surface area contributed by atoms with E-state index in [4.69, 9.17) is 14.0 Å². The van der Waals surface area contributed by atoms with Gasteiger partial charge >= 0.3 is 0 Å². The molecule has 0 spiro atoms. The van der Waals surface area contributed by atoms with Crippen molar-refractivity contribution in [1.29, 1.82) is 0 Å². The topological polar surface area (TPSA) is 154 Å². The standard InChI is InChI=1S/C36H49N5O8S2/c1-9-11-16-34-37-26(4)30(19-20-50(43,44)39(6)7)36(42)40(34)22-28-17-18-31(29(21-28)23-48-10-2)32-14-12-13-15-33(32)51(45,46)41(24-47-8)35-25(3)27(5)49-38-35/h12-15,17-18,21H,9-11,16,19-20,22-24H2,1-8H3/i22D2. The summed E-state index contributed by atoms with van der Waals surface area (Å²) in [6.07, 6.45) is 1.59. The first-order chi connectivity index (χ1) is 24.9. The summed E-state index contributed by atoms with van der Waals surface area (Å²) < 4.78 is 92.3. The molecule has 0 saturated heterocycles. The Balaban J connectivity index is 1.91. The Morgan fingerprint density at radius 2 is 1.73 bits per heavy atom. The van der Waals surface area contributed by atoms with Gasteiger partial charge in [0.2, 0.25) is 10.0 Å². The van der Waals surface area contributed by atoms with E-state index in [2.05, 4.69) is 10.1 Å². The van der Waals surface area contributed by atoms with Crippen LogP contribution in [0.15, 0.2) is 56.7 Å². The van der Waals surface area contributed by atoms with Gasteiger partial charge in [-0.1, -0.05) is 54.9 Å². The van der Waals surface area contributed by atoms with Gasteiger partial charge in [-0.2, -0.15) is 0 Å². The lowest BCUT2D eigenvalue weighted by atomic mass is 9.97. The van der Waals surface area contributed by atoms with Crippen LogP contribution in [0, 0.1) is 20.8 Å². The van der Waals surface area contributed by atoms with Crippen LogP contribution in [-0.4, -0.2) is 76.1 Å². The van der Waals surface area contributed by atoms with E-state index in [1.54, 1.807) is 51.1 Å². The third kappa shape index (κ3) is 8.95. The molecule has 0 aliphatic carbocycles. The smallest absolute Gasteiger partial charge is 0.268 e. The molecule has 2 aromatic carbocycles. The fraction of sp³-hybridized carbons (Fsp3) is 0.472. The first-order valence-electron chi connectivity index (χ1n) is 17.7. The maximum absolute atomic E-state index is 14.4. The number of aromatic nitrogens is 3. The molecular formula is C36H49N5O8S2. The van der Waals surface area contributed by atoms with Crippen molar-refractivity contribution in [2.75, 3.05) is 44.6 Å². The summed E-state index contributed by atoms with van der Waals surface area (Å²) >= 11 is 0. The molecule has 2 aromatic heterocycles. The molecule has 0 N–H and O–H groups in total. The van der Waals surface area contributed by atoms with E-state index < -0.39 is 32.1 Å². The number of unbranched alkanes of at least 4 members (excludes halogenated alkanes) is 1. The van der Waals surface area contributed by atoms with Gasteiger partial charge in [-0.05, 0) is 63.3 Å². The Kier molecular flexibility index (Phi) is 12.4. The summed E-state index contributed by atoms with van der Waals surface area (Å²) in [4.78, 5) is 18.8. The SMILES string of the molecule is [2H]C([2H])(c1ccc(-c2ccccc2S(=O)(=O)N(COC)c2noc(C)c2C)c(COCC)c1)n1c(CCCC)nc(C)c(CCS(=O)(=O)N(C)C)c1=O. The average Bonchev–Trinajstić information content (AvgIpc) is 3.44. The van der Waals surface area contributed by atoms with E-state index in [0.717, 1.165) is 19.6 Å². The second-order valence-corrected chi connectivity index (χ2v) is 16.4. The molecule has 0 fully saturated rings. The third-order valence-corrected chi connectivity index (χ3v) is 12.1. The van der Waals surface area contributed by atoms with Gasteiger partial charge in [-0.3, -0.25) is 9.36 Å². The number of ether oxygens (including phenoxy) is 2. The molecule has 0 amide bonds. The minimum Gasteiger partial charge on any atom is -0.377 e. The molecule has 13 nitrogen and oxygen atoms in total. The third-order valence-electron chi connectivity index (χ3n) is 8.54. The van der Waals surface area contributed by atoms with Crippen molar-refractivity contribution in [3.63, 3.8) is 0 Å². The fourth-order valence-corrected chi connectivity index (χ4v) is 7.87. The molecule has 0 bridgehead atoms. The second kappa shape index (κ2) is 17.1. The van der Waals surface area contributed by atoms with E-state index in [0.29, 0.717) is 53.2 Å². The summed E-state index contributed by atoms with van der Waals surface area (Å²) in [7, 11) is -3.75. The van der Waals surface area contributed by atoms with Crippen molar-refractivity contribution in [3.05, 3.63) is 92.4 Å². The van der Waals surface area contributed by atoms with Crippen LogP contribution in [0.4, 0.5) is 5.82 Å². The van der Waals surface area contributed by atoms with Gasteiger partial charge in [-0.15, -0.1) is 0 Å². The molecule has 0 unspecified atom stereocenters. The molecule has 0 aliphatic rings. The molecule has 4 rings (SSSR count). The van der Waals surface area contributed by atoms with E-state index in [1.165, 1.54) is 33.3 Å². The van der Waals surface area contributed by atoms with Crippen molar-refractivity contribution in [3.8, 4) is 11.1 Å². The van der Waals surface area contributed by atoms with Crippen LogP contribution in [0.1, 0.15) is 69.0 Å². The number of nitrogens with zero attached hydrogens (tertiary/aromatic N) is 5. The van der Waals surface area contributed by atoms with Crippen molar-refractivity contribution < 1.29 is 33.6 Å². The van der Waals surface area contributed by atoms with Crippen molar-refractivity contribution >= 4 is 25.9 Å². The minimum atomic E-state index is -4.30. The minimum absolute atomic E-state index is 0.00485. The van der Waals surface area contributed by atoms with Crippen LogP contribution in [0.5, 0.6) is 0 Å². The highest BCUT2D eigenvalue weighted by Crippen LogP contribution is 2.35. The quantitative estimate of drug-likeness (QED) is 0.127. The molecule has 0 atom stereocenters. The Morgan fingerprint density at radius 1 is 1.00 bits per heavy atom. The zero-order chi connectivity index (χ0) is 39.3. The second-order valence-electron chi connectivity index (χ2n) is 12.3. The van der Waals surface area contributed by atoms with Gasteiger partial charge < -0.3 is 14.0 Å². The highest BCUT2D eigenvalue weighted by Gasteiger charge is 2.32. The van der Waals surface area contributed by atoms with Gasteiger partial charge in [0.05, 0.1) is 26.5 Å². The molecule has 4 aromatic rings. The maximum atomic E-state index is 14.4. The maximum Gasteiger partial charge on any atom is 0.268 e. The number of methoxy groups -OCH3 is 1. The molecule has 0 radical (unpaired) electrons. The number of hydrogen-bond acceptors (Lipinski definition) is 10. The average molecular weight is 746 g/mol. The number of rotatable bonds is 18. The molecule has 0 aliphatic heterocycles. The number of anilines is 1. The van der Waals surface area contributed by atoms with Crippen molar-refractivity contribution in [2.24, 2.45) is 0 Å². The van der Waals surface area contributed by atoms with Gasteiger partial charge in [0, 0.05) is 56.6 Å². The molecule has 2 heterocycles. The zero-order valence-corrected chi connectivity index (χ0v) is 32.1. The first-order valence-corrected chi connectivity index (χ1v) is 19.8. The Bertz CT molecular complexity index is 2200. The molecule has 51 heavy (non-hydrogen) atoms. The fourth-order valence-electron chi connectivity index (χ4n) is 5.46. The monoisotopic (exact) mass is 745 g/mol. The Morgan fingerprint density at radius 3 is 2.35 bits per heavy atom. The Hall–Kier alpha value is -3.89. The highest BCUT2D eigenvalue weighted by molar-refractivity contribution is 7.93. The van der Waals surface area contributed by atoms with E-state index in [-0.39, 0.29) is 53.2 Å². The zero-order valence-electron chi connectivity index (χ0n) is 32.5. The highest BCUT2D eigenvalue weighted by atomic mass is 32.2. The predicted molar refractivity (Wildman–Crippen MR) is 197 cm³/mol. The Labute approximate surface area is 304 Å². The largest absolute Gasteiger partial charge is 0.377 e. The lowest BCUT2D eigenvalue weighted by molar-refractivity contribution is 0.134. The van der Waals surface area contributed by atoms with Crippen LogP contribution < -0.4 is 9.86 Å². The number of sulfonamides is 2. The van der Waals surface area contributed by atoms with Crippen LogP contribution >= 0.6 is 0 Å². The van der Waals surface area contributed by atoms with Crippen LogP contribution in [0.2, 0.25) is 0 Å². The van der Waals surface area contributed by atoms with Crippen molar-refractivity contribution in [1.82, 2.24) is 19.0 Å². The number of benzene rings is 2.